The Bertz CT molecular complexity index is 1250. The van der Waals surface area contributed by atoms with Crippen LogP contribution in [-0.2, 0) is 11.3 Å². The summed E-state index contributed by atoms with van der Waals surface area (Å²) in [4.78, 5) is 34.2. The molecule has 1 aromatic heterocycles. The van der Waals surface area contributed by atoms with E-state index in [2.05, 4.69) is 20.6 Å². The van der Waals surface area contributed by atoms with Crippen LogP contribution in [0.15, 0.2) is 77.2 Å². The van der Waals surface area contributed by atoms with Crippen LogP contribution in [0, 0.1) is 18.2 Å². The third-order valence-electron chi connectivity index (χ3n) is 4.75. The number of urea groups is 1. The molecule has 0 saturated carbocycles. The Balaban J connectivity index is 1.92. The first-order valence-corrected chi connectivity index (χ1v) is 10.6. The number of hydrogen-bond donors (Lipinski definition) is 3. The normalized spacial score (nSPS) is 14.6. The number of rotatable bonds is 5. The summed E-state index contributed by atoms with van der Waals surface area (Å²) in [5, 5.41) is 12.8. The van der Waals surface area contributed by atoms with Gasteiger partial charge in [-0.05, 0) is 67.0 Å². The summed E-state index contributed by atoms with van der Waals surface area (Å²) in [5.74, 6) is -0.673. The zero-order valence-corrected chi connectivity index (χ0v) is 19.2. The molecule has 1 heterocycles. The highest BCUT2D eigenvalue weighted by Crippen LogP contribution is 2.21. The number of carbonyl (C=O) groups is 2. The quantitative estimate of drug-likeness (QED) is 0.334. The van der Waals surface area contributed by atoms with Crippen molar-refractivity contribution in [3.8, 4) is 0 Å². The Morgan fingerprint density at radius 1 is 1.29 bits per heavy atom. The number of aryl methyl sites for hydroxylation is 1. The van der Waals surface area contributed by atoms with Crippen molar-refractivity contribution in [3.63, 3.8) is 0 Å². The highest BCUT2D eigenvalue weighted by atomic mass is 35.5. The summed E-state index contributed by atoms with van der Waals surface area (Å²) in [6.07, 6.45) is 10.1. The van der Waals surface area contributed by atoms with Crippen molar-refractivity contribution in [1.82, 2.24) is 15.6 Å². The Morgan fingerprint density at radius 2 is 2.09 bits per heavy atom. The van der Waals surface area contributed by atoms with Crippen molar-refractivity contribution >= 4 is 41.4 Å². The molecule has 0 bridgehead atoms. The minimum absolute atomic E-state index is 0.0494. The molecule has 0 fully saturated rings. The number of aliphatic imine (C=N–C) groups is 1. The molecule has 0 spiro atoms. The number of anilines is 1. The molecule has 34 heavy (non-hydrogen) atoms. The summed E-state index contributed by atoms with van der Waals surface area (Å²) >= 11 is 5.91. The number of benzene rings is 1. The van der Waals surface area contributed by atoms with Crippen LogP contribution < -0.4 is 15.5 Å². The molecule has 1 aliphatic rings. The smallest absolute Gasteiger partial charge is 0.300 e. The van der Waals surface area contributed by atoms with Gasteiger partial charge in [-0.15, -0.1) is 0 Å². The SMILES string of the molecule is C/C=C1/C=C(N=C(NC=O)NC(=O)N(Cc2ccc(F)c(Cl)c2)c2cncc(C)c2)C=CC1=N. The van der Waals surface area contributed by atoms with E-state index in [-0.39, 0.29) is 17.5 Å². The van der Waals surface area contributed by atoms with Crippen LogP contribution in [0.25, 0.3) is 0 Å². The second-order valence-electron chi connectivity index (χ2n) is 7.27. The zero-order chi connectivity index (χ0) is 24.7. The van der Waals surface area contributed by atoms with E-state index in [1.54, 1.807) is 43.5 Å². The number of halogens is 2. The van der Waals surface area contributed by atoms with E-state index in [1.807, 2.05) is 6.92 Å². The molecule has 1 aromatic carbocycles. The van der Waals surface area contributed by atoms with Crippen molar-refractivity contribution in [2.24, 2.45) is 4.99 Å². The second kappa shape index (κ2) is 11.2. The van der Waals surface area contributed by atoms with Crippen LogP contribution in [0.4, 0.5) is 14.9 Å². The predicted octanol–water partition coefficient (Wildman–Crippen LogP) is 4.42. The molecule has 3 amide bonds. The topological polar surface area (TPSA) is 111 Å². The van der Waals surface area contributed by atoms with Gasteiger partial charge in [-0.3, -0.25) is 25.3 Å². The lowest BCUT2D eigenvalue weighted by atomic mass is 10.0. The Hall–Kier alpha value is -4.11. The maximum atomic E-state index is 13.6. The molecular formula is C24H22ClFN6O2. The van der Waals surface area contributed by atoms with Crippen LogP contribution in [0.5, 0.6) is 0 Å². The number of guanidine groups is 1. The van der Waals surface area contributed by atoms with E-state index in [4.69, 9.17) is 17.0 Å². The molecule has 10 heteroatoms. The number of amides is 3. The van der Waals surface area contributed by atoms with Gasteiger partial charge in [-0.1, -0.05) is 23.7 Å². The highest BCUT2D eigenvalue weighted by molar-refractivity contribution is 6.30. The highest BCUT2D eigenvalue weighted by Gasteiger charge is 2.20. The Morgan fingerprint density at radius 3 is 2.76 bits per heavy atom. The van der Waals surface area contributed by atoms with Gasteiger partial charge >= 0.3 is 6.03 Å². The maximum absolute atomic E-state index is 13.6. The van der Waals surface area contributed by atoms with Gasteiger partial charge in [0.1, 0.15) is 5.82 Å². The Labute approximate surface area is 201 Å². The maximum Gasteiger partial charge on any atom is 0.329 e. The number of aromatic nitrogens is 1. The van der Waals surface area contributed by atoms with Crippen molar-refractivity contribution in [3.05, 3.63) is 94.2 Å². The molecular weight excluding hydrogens is 459 g/mol. The van der Waals surface area contributed by atoms with Crippen LogP contribution in [0.2, 0.25) is 5.02 Å². The number of allylic oxidation sites excluding steroid dienone is 5. The van der Waals surface area contributed by atoms with Gasteiger partial charge in [-0.25, -0.2) is 14.2 Å². The second-order valence-corrected chi connectivity index (χ2v) is 7.68. The van der Waals surface area contributed by atoms with Gasteiger partial charge in [0.2, 0.25) is 12.4 Å². The van der Waals surface area contributed by atoms with Gasteiger partial charge in [0.25, 0.3) is 0 Å². The molecule has 0 saturated heterocycles. The average Bonchev–Trinajstić information content (AvgIpc) is 2.81. The molecule has 3 N–H and O–H groups in total. The molecule has 0 unspecified atom stereocenters. The summed E-state index contributed by atoms with van der Waals surface area (Å²) in [6, 6.07) is 5.33. The fourth-order valence-corrected chi connectivity index (χ4v) is 3.30. The summed E-state index contributed by atoms with van der Waals surface area (Å²) < 4.78 is 13.6. The first kappa shape index (κ1) is 24.5. The van der Waals surface area contributed by atoms with Crippen LogP contribution in [0.3, 0.4) is 0 Å². The predicted molar refractivity (Wildman–Crippen MR) is 130 cm³/mol. The molecule has 3 rings (SSSR count). The van der Waals surface area contributed by atoms with Gasteiger partial charge in [0.15, 0.2) is 0 Å². The van der Waals surface area contributed by atoms with E-state index in [1.165, 1.54) is 29.3 Å². The lowest BCUT2D eigenvalue weighted by Gasteiger charge is -2.24. The van der Waals surface area contributed by atoms with Crippen molar-refractivity contribution < 1.29 is 14.0 Å². The lowest BCUT2D eigenvalue weighted by Crippen LogP contribution is -2.47. The summed E-state index contributed by atoms with van der Waals surface area (Å²) in [5.41, 5.74) is 3.29. The minimum atomic E-state index is -0.611. The molecule has 0 radical (unpaired) electrons. The summed E-state index contributed by atoms with van der Waals surface area (Å²) in [7, 11) is 0. The number of nitrogens with one attached hydrogen (secondary N) is 3. The van der Waals surface area contributed by atoms with Crippen molar-refractivity contribution in [2.45, 2.75) is 20.4 Å². The molecule has 1 aliphatic carbocycles. The molecule has 0 atom stereocenters. The van der Waals surface area contributed by atoms with Crippen molar-refractivity contribution in [1.29, 1.82) is 5.41 Å². The first-order chi connectivity index (χ1) is 16.3. The van der Waals surface area contributed by atoms with Gasteiger partial charge in [-0.2, -0.15) is 0 Å². The standard InChI is InChI=1S/C24H22ClFN6O2/c1-3-17-10-18(5-7-22(17)27)30-23(29-14-33)31-24(34)32(19-8-15(2)11-28-12-19)13-16-4-6-21(26)20(25)9-16/h3-12,14,27H,13H2,1-2H3,(H2,29,30,31,33,34)/b17-3-,27-22?. The van der Waals surface area contributed by atoms with Crippen LogP contribution in [-0.4, -0.2) is 29.1 Å². The zero-order valence-electron chi connectivity index (χ0n) is 18.5. The molecule has 8 nitrogen and oxygen atoms in total. The largest absolute Gasteiger partial charge is 0.329 e. The summed E-state index contributed by atoms with van der Waals surface area (Å²) in [6.45, 7) is 3.68. The molecule has 2 aromatic rings. The Kier molecular flexibility index (Phi) is 8.05. The van der Waals surface area contributed by atoms with Gasteiger partial charge in [0, 0.05) is 6.20 Å². The number of carbonyl (C=O) groups excluding carboxylic acids is 2. The monoisotopic (exact) mass is 480 g/mol. The van der Waals surface area contributed by atoms with Crippen LogP contribution in [0.1, 0.15) is 18.1 Å². The third-order valence-corrected chi connectivity index (χ3v) is 5.04. The van der Waals surface area contributed by atoms with E-state index >= 15 is 0 Å². The van der Waals surface area contributed by atoms with Crippen molar-refractivity contribution in [2.75, 3.05) is 4.90 Å². The van der Waals surface area contributed by atoms with Gasteiger partial charge in [0.05, 0.1) is 34.9 Å². The molecule has 174 valence electrons. The fraction of sp³-hybridized carbons (Fsp3) is 0.125. The lowest BCUT2D eigenvalue weighted by molar-refractivity contribution is -0.108. The number of pyridine rings is 1. The number of hydrogen-bond acceptors (Lipinski definition) is 5. The van der Waals surface area contributed by atoms with Gasteiger partial charge < -0.3 is 5.41 Å². The van der Waals surface area contributed by atoms with E-state index in [0.29, 0.717) is 34.6 Å². The fourth-order valence-electron chi connectivity index (χ4n) is 3.10. The van der Waals surface area contributed by atoms with Crippen LogP contribution >= 0.6 is 11.6 Å². The van der Waals surface area contributed by atoms with E-state index < -0.39 is 11.8 Å². The minimum Gasteiger partial charge on any atom is -0.300 e. The van der Waals surface area contributed by atoms with E-state index in [9.17, 15) is 14.0 Å². The number of nitrogens with zero attached hydrogens (tertiary/aromatic N) is 3. The average molecular weight is 481 g/mol. The molecule has 0 aliphatic heterocycles. The first-order valence-electron chi connectivity index (χ1n) is 10.2. The van der Waals surface area contributed by atoms with E-state index in [0.717, 1.165) is 5.56 Å². The third kappa shape index (κ3) is 6.23.